The minimum absolute atomic E-state index is 0.0293. The molecule has 3 aromatic heterocycles. The molecule has 1 amide bonds. The highest BCUT2D eigenvalue weighted by Gasteiger charge is 2.33. The molecule has 1 fully saturated rings. The maximum Gasteiger partial charge on any atom is 0.254 e. The predicted molar refractivity (Wildman–Crippen MR) is 92.8 cm³/mol. The molecule has 4 rings (SSSR count). The number of carbonyl (C=O) groups excluding carboxylic acids is 1. The first-order valence-corrected chi connectivity index (χ1v) is 8.72. The molecule has 3 aromatic rings. The molecule has 8 heteroatoms. The summed E-state index contributed by atoms with van der Waals surface area (Å²) in [6.45, 7) is 4.83. The monoisotopic (exact) mass is 352 g/mol. The zero-order valence-corrected chi connectivity index (χ0v) is 14.7. The van der Waals surface area contributed by atoms with E-state index in [1.54, 1.807) is 35.6 Å². The van der Waals surface area contributed by atoms with Gasteiger partial charge in [-0.25, -0.2) is 4.98 Å². The van der Waals surface area contributed by atoms with Gasteiger partial charge in [0.1, 0.15) is 29.9 Å². The normalized spacial score (nSPS) is 17.2. The van der Waals surface area contributed by atoms with Crippen molar-refractivity contribution in [2.75, 3.05) is 6.54 Å². The maximum atomic E-state index is 13.1. The lowest BCUT2D eigenvalue weighted by atomic mass is 10.1. The molecule has 0 spiro atoms. The third-order valence-corrected chi connectivity index (χ3v) is 4.65. The summed E-state index contributed by atoms with van der Waals surface area (Å²) in [4.78, 5) is 19.2. The number of nitrogens with zero attached hydrogens (tertiary/aromatic N) is 6. The molecule has 0 radical (unpaired) electrons. The summed E-state index contributed by atoms with van der Waals surface area (Å²) in [7, 11) is 0. The van der Waals surface area contributed by atoms with Gasteiger partial charge in [-0.15, -0.1) is 10.2 Å². The molecule has 4 heterocycles. The number of hydrogen-bond donors (Lipinski definition) is 0. The fraction of sp³-hybridized carbons (Fsp3) is 0.389. The molecular formula is C18H20N6O2. The van der Waals surface area contributed by atoms with Gasteiger partial charge in [-0.1, -0.05) is 19.0 Å². The van der Waals surface area contributed by atoms with Crippen LogP contribution in [0.15, 0.2) is 41.6 Å². The van der Waals surface area contributed by atoms with E-state index in [-0.39, 0.29) is 17.9 Å². The fourth-order valence-corrected chi connectivity index (χ4v) is 3.23. The lowest BCUT2D eigenvalue weighted by molar-refractivity contribution is 0.0730. The average molecular weight is 352 g/mol. The van der Waals surface area contributed by atoms with Gasteiger partial charge in [0, 0.05) is 30.3 Å². The SMILES string of the molecule is CC(C)c1cc(C2CCCN2C(=O)c2ccnc(-n3cnnc3)c2)no1. The highest BCUT2D eigenvalue weighted by Crippen LogP contribution is 2.33. The quantitative estimate of drug-likeness (QED) is 0.717. The van der Waals surface area contributed by atoms with Crippen LogP contribution in [0.4, 0.5) is 0 Å². The summed E-state index contributed by atoms with van der Waals surface area (Å²) < 4.78 is 7.10. The van der Waals surface area contributed by atoms with Crippen molar-refractivity contribution in [3.63, 3.8) is 0 Å². The zero-order chi connectivity index (χ0) is 18.1. The van der Waals surface area contributed by atoms with E-state index in [4.69, 9.17) is 4.52 Å². The number of pyridine rings is 1. The highest BCUT2D eigenvalue weighted by molar-refractivity contribution is 5.95. The van der Waals surface area contributed by atoms with E-state index in [1.165, 1.54) is 0 Å². The Morgan fingerprint density at radius 2 is 2.08 bits per heavy atom. The number of aromatic nitrogens is 5. The van der Waals surface area contributed by atoms with Crippen molar-refractivity contribution >= 4 is 5.91 Å². The molecule has 0 N–H and O–H groups in total. The summed E-state index contributed by atoms with van der Waals surface area (Å²) in [5.74, 6) is 1.70. The van der Waals surface area contributed by atoms with Crippen LogP contribution in [0.5, 0.6) is 0 Å². The molecular weight excluding hydrogens is 332 g/mol. The van der Waals surface area contributed by atoms with Crippen LogP contribution in [0.2, 0.25) is 0 Å². The van der Waals surface area contributed by atoms with Crippen molar-refractivity contribution in [3.05, 3.63) is 54.1 Å². The van der Waals surface area contributed by atoms with Crippen LogP contribution in [0.3, 0.4) is 0 Å². The first-order valence-electron chi connectivity index (χ1n) is 8.72. The van der Waals surface area contributed by atoms with Crippen LogP contribution in [0.25, 0.3) is 5.82 Å². The second kappa shape index (κ2) is 6.70. The van der Waals surface area contributed by atoms with Crippen LogP contribution in [-0.4, -0.2) is 42.3 Å². The Bertz CT molecular complexity index is 902. The summed E-state index contributed by atoms with van der Waals surface area (Å²) in [6.07, 6.45) is 6.57. The molecule has 1 saturated heterocycles. The molecule has 0 saturated carbocycles. The van der Waals surface area contributed by atoms with Crippen molar-refractivity contribution < 1.29 is 9.32 Å². The Kier molecular flexibility index (Phi) is 4.24. The molecule has 1 aliphatic rings. The Morgan fingerprint density at radius 1 is 1.27 bits per heavy atom. The van der Waals surface area contributed by atoms with E-state index in [2.05, 4.69) is 34.2 Å². The minimum Gasteiger partial charge on any atom is -0.361 e. The Morgan fingerprint density at radius 3 is 2.81 bits per heavy atom. The van der Waals surface area contributed by atoms with E-state index in [0.29, 0.717) is 17.9 Å². The fourth-order valence-electron chi connectivity index (χ4n) is 3.23. The second-order valence-corrected chi connectivity index (χ2v) is 6.74. The largest absolute Gasteiger partial charge is 0.361 e. The number of amides is 1. The first kappa shape index (κ1) is 16.4. The van der Waals surface area contributed by atoms with Gasteiger partial charge in [0.25, 0.3) is 5.91 Å². The Hall–Kier alpha value is -3.03. The van der Waals surface area contributed by atoms with Crippen LogP contribution >= 0.6 is 0 Å². The van der Waals surface area contributed by atoms with Gasteiger partial charge in [0.2, 0.25) is 0 Å². The zero-order valence-electron chi connectivity index (χ0n) is 14.7. The third-order valence-electron chi connectivity index (χ3n) is 4.65. The van der Waals surface area contributed by atoms with Crippen molar-refractivity contribution in [2.24, 2.45) is 0 Å². The number of carbonyl (C=O) groups is 1. The van der Waals surface area contributed by atoms with Crippen molar-refractivity contribution in [1.82, 2.24) is 29.8 Å². The smallest absolute Gasteiger partial charge is 0.254 e. The van der Waals surface area contributed by atoms with Crippen molar-refractivity contribution in [3.8, 4) is 5.82 Å². The van der Waals surface area contributed by atoms with Crippen molar-refractivity contribution in [1.29, 1.82) is 0 Å². The van der Waals surface area contributed by atoms with E-state index in [0.717, 1.165) is 24.3 Å². The first-order chi connectivity index (χ1) is 12.6. The molecule has 1 atom stereocenters. The second-order valence-electron chi connectivity index (χ2n) is 6.74. The molecule has 0 aromatic carbocycles. The standard InChI is InChI=1S/C18H20N6O2/c1-12(2)16-9-14(22-26-16)15-4-3-7-24(15)18(25)13-5-6-19-17(8-13)23-10-20-21-11-23/h5-6,8-12,15H,3-4,7H2,1-2H3. The Labute approximate surface area is 150 Å². The van der Waals surface area contributed by atoms with Gasteiger partial charge < -0.3 is 9.42 Å². The van der Waals surface area contributed by atoms with Crippen molar-refractivity contribution in [2.45, 2.75) is 38.6 Å². The number of hydrogen-bond acceptors (Lipinski definition) is 6. The van der Waals surface area contributed by atoms with Crippen LogP contribution in [0, 0.1) is 0 Å². The number of rotatable bonds is 4. The molecule has 1 aliphatic heterocycles. The van der Waals surface area contributed by atoms with Gasteiger partial charge in [0.05, 0.1) is 6.04 Å². The lowest BCUT2D eigenvalue weighted by Crippen LogP contribution is -2.30. The number of likely N-dealkylation sites (tertiary alicyclic amines) is 1. The van der Waals surface area contributed by atoms with E-state index in [1.807, 2.05) is 11.0 Å². The Balaban J connectivity index is 1.59. The van der Waals surface area contributed by atoms with Gasteiger partial charge in [-0.05, 0) is 25.0 Å². The molecule has 0 aliphatic carbocycles. The summed E-state index contributed by atoms with van der Waals surface area (Å²) >= 11 is 0. The topological polar surface area (TPSA) is 89.9 Å². The predicted octanol–water partition coefficient (Wildman–Crippen LogP) is 2.75. The van der Waals surface area contributed by atoms with Gasteiger partial charge in [-0.3, -0.25) is 9.36 Å². The summed E-state index contributed by atoms with van der Waals surface area (Å²) in [5.41, 5.74) is 1.41. The van der Waals surface area contributed by atoms with Gasteiger partial charge >= 0.3 is 0 Å². The third kappa shape index (κ3) is 2.98. The van der Waals surface area contributed by atoms with E-state index < -0.39 is 0 Å². The van der Waals surface area contributed by atoms with Crippen LogP contribution in [-0.2, 0) is 0 Å². The van der Waals surface area contributed by atoms with E-state index >= 15 is 0 Å². The molecule has 1 unspecified atom stereocenters. The molecule has 0 bridgehead atoms. The molecule has 8 nitrogen and oxygen atoms in total. The average Bonchev–Trinajstić information content (AvgIpc) is 3.41. The maximum absolute atomic E-state index is 13.1. The van der Waals surface area contributed by atoms with Crippen LogP contribution < -0.4 is 0 Å². The summed E-state index contributed by atoms with van der Waals surface area (Å²) in [5, 5.41) is 11.8. The van der Waals surface area contributed by atoms with Crippen LogP contribution in [0.1, 0.15) is 60.5 Å². The molecule has 26 heavy (non-hydrogen) atoms. The highest BCUT2D eigenvalue weighted by atomic mass is 16.5. The summed E-state index contributed by atoms with van der Waals surface area (Å²) in [6, 6.07) is 5.40. The van der Waals surface area contributed by atoms with Gasteiger partial charge in [0.15, 0.2) is 0 Å². The van der Waals surface area contributed by atoms with Gasteiger partial charge in [-0.2, -0.15) is 0 Å². The molecule has 134 valence electrons. The van der Waals surface area contributed by atoms with E-state index in [9.17, 15) is 4.79 Å². The minimum atomic E-state index is -0.0507. The lowest BCUT2D eigenvalue weighted by Gasteiger charge is -2.23.